The van der Waals surface area contributed by atoms with Crippen molar-refractivity contribution in [3.63, 3.8) is 0 Å². The van der Waals surface area contributed by atoms with Gasteiger partial charge in [-0.2, -0.15) is 0 Å². The van der Waals surface area contributed by atoms with Crippen molar-refractivity contribution in [2.45, 2.75) is 52.4 Å². The van der Waals surface area contributed by atoms with E-state index in [9.17, 15) is 4.79 Å². The Morgan fingerprint density at radius 3 is 2.20 bits per heavy atom. The highest BCUT2D eigenvalue weighted by Gasteiger charge is 2.62. The van der Waals surface area contributed by atoms with Gasteiger partial charge in [0.2, 0.25) is 5.91 Å². The van der Waals surface area contributed by atoms with E-state index >= 15 is 0 Å². The quantitative estimate of drug-likeness (QED) is 0.857. The summed E-state index contributed by atoms with van der Waals surface area (Å²) in [6.07, 6.45) is 7.44. The van der Waals surface area contributed by atoms with E-state index < -0.39 is 0 Å². The molecule has 4 fully saturated rings. The monoisotopic (exact) mass is 278 g/mol. The number of carbonyl (C=O) groups excluding carboxylic acids is 1. The van der Waals surface area contributed by atoms with E-state index in [4.69, 9.17) is 0 Å². The molecule has 0 aromatic heterocycles. The highest BCUT2D eigenvalue weighted by atomic mass is 16.2. The van der Waals surface area contributed by atoms with Gasteiger partial charge in [-0.15, -0.1) is 0 Å². The number of rotatable bonds is 4. The standard InChI is InChI=1S/C17H30N2O/c1-15-7-13-8-16(2,10-15)12-17(9-13,11-15)14(20)18-5-6-19(3)4/h13H,5-12H2,1-4H3,(H,18,20)/t13?,15-,16-,17?/m1/s1. The molecule has 0 spiro atoms. The lowest BCUT2D eigenvalue weighted by molar-refractivity contribution is -0.170. The first kappa shape index (κ1) is 14.4. The fraction of sp³-hybridized carbons (Fsp3) is 0.941. The molecule has 114 valence electrons. The van der Waals surface area contributed by atoms with Crippen LogP contribution in [-0.2, 0) is 4.79 Å². The van der Waals surface area contributed by atoms with Gasteiger partial charge in [0.15, 0.2) is 0 Å². The molecule has 4 rings (SSSR count). The van der Waals surface area contributed by atoms with Crippen molar-refractivity contribution in [1.29, 1.82) is 0 Å². The molecule has 0 aromatic rings. The van der Waals surface area contributed by atoms with E-state index in [1.165, 1.54) is 19.3 Å². The van der Waals surface area contributed by atoms with Crippen LogP contribution < -0.4 is 5.32 Å². The van der Waals surface area contributed by atoms with Crippen LogP contribution >= 0.6 is 0 Å². The Bertz CT molecular complexity index is 399. The normalized spacial score (nSPS) is 46.0. The highest BCUT2D eigenvalue weighted by molar-refractivity contribution is 5.83. The largest absolute Gasteiger partial charge is 0.354 e. The van der Waals surface area contributed by atoms with Gasteiger partial charge in [0, 0.05) is 13.1 Å². The van der Waals surface area contributed by atoms with Gasteiger partial charge in [-0.05, 0) is 69.4 Å². The van der Waals surface area contributed by atoms with Gasteiger partial charge < -0.3 is 10.2 Å². The predicted molar refractivity (Wildman–Crippen MR) is 81.4 cm³/mol. The van der Waals surface area contributed by atoms with Crippen LogP contribution in [0.5, 0.6) is 0 Å². The minimum Gasteiger partial charge on any atom is -0.354 e. The molecule has 4 saturated carbocycles. The number of hydrogen-bond donors (Lipinski definition) is 1. The van der Waals surface area contributed by atoms with E-state index in [0.29, 0.717) is 16.7 Å². The topological polar surface area (TPSA) is 32.3 Å². The van der Waals surface area contributed by atoms with Crippen LogP contribution in [-0.4, -0.2) is 38.0 Å². The number of likely N-dealkylation sites (N-methyl/N-ethyl adjacent to an activating group) is 1. The van der Waals surface area contributed by atoms with Gasteiger partial charge in [-0.1, -0.05) is 13.8 Å². The first-order valence-corrected chi connectivity index (χ1v) is 8.18. The van der Waals surface area contributed by atoms with Gasteiger partial charge in [-0.25, -0.2) is 0 Å². The Morgan fingerprint density at radius 1 is 1.10 bits per heavy atom. The highest BCUT2D eigenvalue weighted by Crippen LogP contribution is 2.69. The SMILES string of the molecule is CN(C)CCNC(=O)C12CC3C[C@@](C)(C1)C[C@@](C)(C3)C2. The molecule has 2 atom stereocenters. The van der Waals surface area contributed by atoms with Crippen molar-refractivity contribution in [2.75, 3.05) is 27.2 Å². The maximum atomic E-state index is 12.8. The molecule has 0 radical (unpaired) electrons. The summed E-state index contributed by atoms with van der Waals surface area (Å²) >= 11 is 0. The van der Waals surface area contributed by atoms with Crippen LogP contribution in [0.3, 0.4) is 0 Å². The smallest absolute Gasteiger partial charge is 0.226 e. The van der Waals surface area contributed by atoms with E-state index in [-0.39, 0.29) is 5.41 Å². The molecule has 0 heterocycles. The Morgan fingerprint density at radius 2 is 1.70 bits per heavy atom. The van der Waals surface area contributed by atoms with Crippen molar-refractivity contribution in [3.05, 3.63) is 0 Å². The molecular weight excluding hydrogens is 248 g/mol. The fourth-order valence-electron chi connectivity index (χ4n) is 6.28. The zero-order chi connectivity index (χ0) is 14.6. The first-order chi connectivity index (χ1) is 9.24. The molecule has 1 N–H and O–H groups in total. The number of nitrogens with zero attached hydrogens (tertiary/aromatic N) is 1. The van der Waals surface area contributed by atoms with Gasteiger partial charge >= 0.3 is 0 Å². The lowest BCUT2D eigenvalue weighted by atomic mass is 9.40. The molecule has 3 nitrogen and oxygen atoms in total. The van der Waals surface area contributed by atoms with Crippen molar-refractivity contribution in [2.24, 2.45) is 22.2 Å². The molecule has 0 unspecified atom stereocenters. The summed E-state index contributed by atoms with van der Waals surface area (Å²) in [5.41, 5.74) is 0.801. The molecule has 4 aliphatic rings. The minimum absolute atomic E-state index is 0.0464. The van der Waals surface area contributed by atoms with Gasteiger partial charge in [0.05, 0.1) is 5.41 Å². The third-order valence-corrected chi connectivity index (χ3v) is 5.95. The molecule has 20 heavy (non-hydrogen) atoms. The van der Waals surface area contributed by atoms with Crippen LogP contribution in [0.15, 0.2) is 0 Å². The maximum Gasteiger partial charge on any atom is 0.226 e. The number of carbonyl (C=O) groups is 1. The summed E-state index contributed by atoms with van der Waals surface area (Å²) < 4.78 is 0. The second-order valence-corrected chi connectivity index (χ2v) is 8.97. The molecule has 0 saturated heterocycles. The number of nitrogens with one attached hydrogen (secondary N) is 1. The minimum atomic E-state index is -0.0464. The van der Waals surface area contributed by atoms with E-state index in [1.54, 1.807) is 0 Å². The zero-order valence-corrected chi connectivity index (χ0v) is 13.6. The summed E-state index contributed by atoms with van der Waals surface area (Å²) in [4.78, 5) is 15.0. The van der Waals surface area contributed by atoms with Crippen molar-refractivity contribution >= 4 is 5.91 Å². The molecule has 0 aliphatic heterocycles. The molecule has 4 aliphatic carbocycles. The second kappa shape index (κ2) is 4.46. The average Bonchev–Trinajstić information content (AvgIpc) is 2.22. The van der Waals surface area contributed by atoms with Crippen LogP contribution in [0, 0.1) is 22.2 Å². The number of amides is 1. The summed E-state index contributed by atoms with van der Waals surface area (Å²) in [6, 6.07) is 0. The summed E-state index contributed by atoms with van der Waals surface area (Å²) in [7, 11) is 4.11. The second-order valence-electron chi connectivity index (χ2n) is 8.97. The van der Waals surface area contributed by atoms with E-state index in [1.807, 2.05) is 0 Å². The summed E-state index contributed by atoms with van der Waals surface area (Å²) in [5.74, 6) is 1.14. The molecular formula is C17H30N2O. The Hall–Kier alpha value is -0.570. The summed E-state index contributed by atoms with van der Waals surface area (Å²) in [6.45, 7) is 6.57. The Balaban J connectivity index is 1.73. The Labute approximate surface area is 123 Å². The van der Waals surface area contributed by atoms with Crippen molar-refractivity contribution < 1.29 is 4.79 Å². The molecule has 1 amide bonds. The average molecular weight is 278 g/mol. The Kier molecular flexibility index (Phi) is 3.20. The van der Waals surface area contributed by atoms with Crippen molar-refractivity contribution in [3.8, 4) is 0 Å². The molecule has 3 heteroatoms. The third kappa shape index (κ3) is 2.38. The first-order valence-electron chi connectivity index (χ1n) is 8.18. The third-order valence-electron chi connectivity index (χ3n) is 5.95. The predicted octanol–water partition coefficient (Wildman–Crippen LogP) is 2.66. The van der Waals surface area contributed by atoms with Crippen LogP contribution in [0.4, 0.5) is 0 Å². The lowest BCUT2D eigenvalue weighted by Gasteiger charge is -2.64. The zero-order valence-electron chi connectivity index (χ0n) is 13.6. The van der Waals surface area contributed by atoms with Gasteiger partial charge in [0.25, 0.3) is 0 Å². The summed E-state index contributed by atoms with van der Waals surface area (Å²) in [5, 5.41) is 3.22. The van der Waals surface area contributed by atoms with Crippen LogP contribution in [0.25, 0.3) is 0 Å². The van der Waals surface area contributed by atoms with Gasteiger partial charge in [0.1, 0.15) is 0 Å². The molecule has 4 bridgehead atoms. The van der Waals surface area contributed by atoms with E-state index in [2.05, 4.69) is 38.2 Å². The van der Waals surface area contributed by atoms with E-state index in [0.717, 1.165) is 38.3 Å². The lowest BCUT2D eigenvalue weighted by Crippen LogP contribution is -2.60. The fourth-order valence-corrected chi connectivity index (χ4v) is 6.28. The van der Waals surface area contributed by atoms with Crippen molar-refractivity contribution in [1.82, 2.24) is 10.2 Å². The molecule has 0 aromatic carbocycles. The maximum absolute atomic E-state index is 12.8. The van der Waals surface area contributed by atoms with Crippen LogP contribution in [0.2, 0.25) is 0 Å². The van der Waals surface area contributed by atoms with Gasteiger partial charge in [-0.3, -0.25) is 4.79 Å². The number of hydrogen-bond acceptors (Lipinski definition) is 2. The van der Waals surface area contributed by atoms with Crippen LogP contribution in [0.1, 0.15) is 52.4 Å².